The van der Waals surface area contributed by atoms with Crippen molar-refractivity contribution in [3.63, 3.8) is 0 Å². The lowest BCUT2D eigenvalue weighted by Gasteiger charge is -2.06. The Morgan fingerprint density at radius 1 is 1.04 bits per heavy atom. The molecule has 1 amide bonds. The normalized spacial score (nSPS) is 10.7. The van der Waals surface area contributed by atoms with Gasteiger partial charge in [0.15, 0.2) is 5.82 Å². The lowest BCUT2D eigenvalue weighted by Crippen LogP contribution is -2.25. The number of aromatic nitrogens is 3. The minimum atomic E-state index is -0.124. The number of nitrogens with two attached hydrogens (primary N) is 1. The van der Waals surface area contributed by atoms with E-state index in [-0.39, 0.29) is 11.7 Å². The highest BCUT2D eigenvalue weighted by atomic mass is 35.5. The Balaban J connectivity index is 1.55. The van der Waals surface area contributed by atoms with E-state index in [0.29, 0.717) is 27.6 Å². The van der Waals surface area contributed by atoms with Gasteiger partial charge in [0, 0.05) is 22.2 Å². The first-order valence-electron chi connectivity index (χ1n) is 7.63. The summed E-state index contributed by atoms with van der Waals surface area (Å²) in [6.45, 7) is 0.432. The van der Waals surface area contributed by atoms with Crippen LogP contribution in [0.3, 0.4) is 0 Å². The van der Waals surface area contributed by atoms with E-state index < -0.39 is 0 Å². The molecule has 134 valence electrons. The lowest BCUT2D eigenvalue weighted by molar-refractivity contribution is -0.118. The van der Waals surface area contributed by atoms with Gasteiger partial charge in [-0.2, -0.15) is 0 Å². The van der Waals surface area contributed by atoms with Crippen molar-refractivity contribution in [2.24, 2.45) is 0 Å². The zero-order valence-corrected chi connectivity index (χ0v) is 15.9. The first kappa shape index (κ1) is 18.6. The van der Waals surface area contributed by atoms with Gasteiger partial charge in [0.1, 0.15) is 0 Å². The minimum absolute atomic E-state index is 0.124. The van der Waals surface area contributed by atoms with Crippen molar-refractivity contribution in [1.82, 2.24) is 20.2 Å². The highest BCUT2D eigenvalue weighted by Gasteiger charge is 2.13. The van der Waals surface area contributed by atoms with Crippen LogP contribution in [0.15, 0.2) is 53.7 Å². The molecule has 2 aromatic carbocycles. The summed E-state index contributed by atoms with van der Waals surface area (Å²) < 4.78 is 1.36. The maximum absolute atomic E-state index is 12.0. The largest absolute Gasteiger partial charge is 0.351 e. The second kappa shape index (κ2) is 8.44. The number of nitrogens with zero attached hydrogens (tertiary/aromatic N) is 3. The van der Waals surface area contributed by atoms with Crippen LogP contribution in [-0.2, 0) is 11.3 Å². The van der Waals surface area contributed by atoms with Crippen LogP contribution in [0.2, 0.25) is 10.0 Å². The molecule has 0 radical (unpaired) electrons. The second-order valence-corrected chi connectivity index (χ2v) is 7.19. The molecule has 0 fully saturated rings. The first-order chi connectivity index (χ1) is 12.5. The molecule has 0 unspecified atom stereocenters. The molecule has 0 saturated carbocycles. The van der Waals surface area contributed by atoms with Gasteiger partial charge in [-0.3, -0.25) is 4.79 Å². The number of benzene rings is 2. The van der Waals surface area contributed by atoms with Gasteiger partial charge in [0.05, 0.1) is 5.75 Å². The van der Waals surface area contributed by atoms with Crippen LogP contribution in [0.25, 0.3) is 11.4 Å². The summed E-state index contributed by atoms with van der Waals surface area (Å²) in [5, 5.41) is 12.7. The molecule has 0 spiro atoms. The van der Waals surface area contributed by atoms with Gasteiger partial charge >= 0.3 is 0 Å². The summed E-state index contributed by atoms with van der Waals surface area (Å²) in [4.78, 5) is 12.0. The van der Waals surface area contributed by atoms with Crippen molar-refractivity contribution < 1.29 is 4.79 Å². The number of carbonyl (C=O) groups excluding carboxylic acids is 1. The van der Waals surface area contributed by atoms with Gasteiger partial charge < -0.3 is 11.2 Å². The Labute approximate surface area is 164 Å². The van der Waals surface area contributed by atoms with Crippen molar-refractivity contribution in [3.8, 4) is 11.4 Å². The van der Waals surface area contributed by atoms with Crippen LogP contribution in [0.1, 0.15) is 5.56 Å². The van der Waals surface area contributed by atoms with E-state index in [1.807, 2.05) is 24.3 Å². The number of hydrogen-bond donors (Lipinski definition) is 2. The molecule has 0 bridgehead atoms. The Kier molecular flexibility index (Phi) is 6.03. The molecule has 6 nitrogen and oxygen atoms in total. The standard InChI is InChI=1S/C17H15Cl2N5OS/c18-13-5-1-11(2-6-13)9-21-15(25)10-26-17-23-22-16(24(17)20)12-3-7-14(19)8-4-12/h1-8H,9-10,20H2,(H,21,25). The van der Waals surface area contributed by atoms with E-state index in [0.717, 1.165) is 11.1 Å². The van der Waals surface area contributed by atoms with E-state index in [4.69, 9.17) is 29.0 Å². The topological polar surface area (TPSA) is 85.8 Å². The molecule has 1 heterocycles. The first-order valence-corrected chi connectivity index (χ1v) is 9.37. The molecule has 0 aliphatic rings. The minimum Gasteiger partial charge on any atom is -0.351 e. The number of thioether (sulfide) groups is 1. The molecule has 0 atom stereocenters. The van der Waals surface area contributed by atoms with E-state index >= 15 is 0 Å². The molecule has 9 heteroatoms. The third kappa shape index (κ3) is 4.69. The molecule has 0 saturated heterocycles. The highest BCUT2D eigenvalue weighted by molar-refractivity contribution is 7.99. The Bertz CT molecular complexity index is 897. The monoisotopic (exact) mass is 407 g/mol. The van der Waals surface area contributed by atoms with Crippen LogP contribution in [-0.4, -0.2) is 26.5 Å². The molecule has 0 aliphatic heterocycles. The van der Waals surface area contributed by atoms with Crippen LogP contribution < -0.4 is 11.2 Å². The summed E-state index contributed by atoms with van der Waals surface area (Å²) in [5.41, 5.74) is 1.77. The molecule has 3 rings (SSSR count). The zero-order valence-electron chi connectivity index (χ0n) is 13.5. The van der Waals surface area contributed by atoms with Crippen molar-refractivity contribution in [2.45, 2.75) is 11.7 Å². The highest BCUT2D eigenvalue weighted by Crippen LogP contribution is 2.22. The molecule has 1 aromatic heterocycles. The van der Waals surface area contributed by atoms with E-state index in [1.54, 1.807) is 24.3 Å². The van der Waals surface area contributed by atoms with Crippen LogP contribution in [0.5, 0.6) is 0 Å². The number of amides is 1. The number of carbonyl (C=O) groups is 1. The van der Waals surface area contributed by atoms with Crippen LogP contribution in [0.4, 0.5) is 0 Å². The van der Waals surface area contributed by atoms with Crippen LogP contribution in [0, 0.1) is 0 Å². The maximum Gasteiger partial charge on any atom is 0.230 e. The average molecular weight is 408 g/mol. The van der Waals surface area contributed by atoms with Crippen molar-refractivity contribution in [1.29, 1.82) is 0 Å². The average Bonchev–Trinajstić information content (AvgIpc) is 3.01. The summed E-state index contributed by atoms with van der Waals surface area (Å²) >= 11 is 12.9. The van der Waals surface area contributed by atoms with Crippen LogP contribution >= 0.6 is 35.0 Å². The molecule has 3 aromatic rings. The summed E-state index contributed by atoms with van der Waals surface area (Å²) in [7, 11) is 0. The van der Waals surface area contributed by atoms with Gasteiger partial charge in [-0.25, -0.2) is 4.68 Å². The van der Waals surface area contributed by atoms with E-state index in [1.165, 1.54) is 16.4 Å². The lowest BCUT2D eigenvalue weighted by atomic mass is 10.2. The molecular weight excluding hydrogens is 393 g/mol. The number of nitrogens with one attached hydrogen (secondary N) is 1. The molecule has 3 N–H and O–H groups in total. The number of rotatable bonds is 6. The Hall–Kier alpha value is -2.22. The number of nitrogen functional groups attached to an aromatic ring is 1. The van der Waals surface area contributed by atoms with Gasteiger partial charge in [-0.05, 0) is 42.0 Å². The predicted octanol–water partition coefficient (Wildman–Crippen LogP) is 3.37. The molecule has 26 heavy (non-hydrogen) atoms. The molecular formula is C17H15Cl2N5OS. The van der Waals surface area contributed by atoms with Crippen molar-refractivity contribution in [3.05, 3.63) is 64.1 Å². The predicted molar refractivity (Wildman–Crippen MR) is 105 cm³/mol. The fourth-order valence-electron chi connectivity index (χ4n) is 2.16. The smallest absolute Gasteiger partial charge is 0.230 e. The Morgan fingerprint density at radius 2 is 1.65 bits per heavy atom. The third-order valence-electron chi connectivity index (χ3n) is 3.50. The van der Waals surface area contributed by atoms with E-state index in [2.05, 4.69) is 15.5 Å². The van der Waals surface area contributed by atoms with Crippen molar-refractivity contribution >= 4 is 40.9 Å². The summed E-state index contributed by atoms with van der Waals surface area (Å²) in [6.07, 6.45) is 0. The second-order valence-electron chi connectivity index (χ2n) is 5.37. The SMILES string of the molecule is Nn1c(SCC(=O)NCc2ccc(Cl)cc2)nnc1-c1ccc(Cl)cc1. The summed E-state index contributed by atoms with van der Waals surface area (Å²) in [5.74, 6) is 6.60. The van der Waals surface area contributed by atoms with E-state index in [9.17, 15) is 4.79 Å². The van der Waals surface area contributed by atoms with Gasteiger partial charge in [-0.15, -0.1) is 10.2 Å². The fourth-order valence-corrected chi connectivity index (χ4v) is 3.09. The fraction of sp³-hybridized carbons (Fsp3) is 0.118. The third-order valence-corrected chi connectivity index (χ3v) is 4.95. The maximum atomic E-state index is 12.0. The van der Waals surface area contributed by atoms with Gasteiger partial charge in [0.25, 0.3) is 0 Å². The van der Waals surface area contributed by atoms with Gasteiger partial charge in [-0.1, -0.05) is 47.1 Å². The Morgan fingerprint density at radius 3 is 2.31 bits per heavy atom. The molecule has 0 aliphatic carbocycles. The van der Waals surface area contributed by atoms with Gasteiger partial charge in [0.2, 0.25) is 11.1 Å². The van der Waals surface area contributed by atoms with Crippen molar-refractivity contribution in [2.75, 3.05) is 11.6 Å². The summed E-state index contributed by atoms with van der Waals surface area (Å²) in [6, 6.07) is 14.4. The number of hydrogen-bond acceptors (Lipinski definition) is 5. The number of halogens is 2. The quantitative estimate of drug-likeness (QED) is 0.483. The zero-order chi connectivity index (χ0) is 18.5.